The zero-order valence-corrected chi connectivity index (χ0v) is 10.0. The lowest BCUT2D eigenvalue weighted by Gasteiger charge is -2.13. The zero-order valence-electron chi connectivity index (χ0n) is 10.0. The van der Waals surface area contributed by atoms with Crippen LogP contribution in [0.4, 0.5) is 0 Å². The van der Waals surface area contributed by atoms with Crippen molar-refractivity contribution in [3.63, 3.8) is 0 Å². The summed E-state index contributed by atoms with van der Waals surface area (Å²) in [7, 11) is 1.78. The highest BCUT2D eigenvalue weighted by Gasteiger charge is 2.28. The third kappa shape index (κ3) is 1.67. The normalized spacial score (nSPS) is 21.4. The van der Waals surface area contributed by atoms with Crippen molar-refractivity contribution in [2.24, 2.45) is 0 Å². The van der Waals surface area contributed by atoms with E-state index in [2.05, 4.69) is 48.6 Å². The Morgan fingerprint density at radius 1 is 1.24 bits per heavy atom. The van der Waals surface area contributed by atoms with Gasteiger partial charge in [-0.2, -0.15) is 0 Å². The Bertz CT molecular complexity index is 520. The van der Waals surface area contributed by atoms with Gasteiger partial charge < -0.3 is 4.74 Å². The number of rotatable bonds is 2. The Labute approximate surface area is 102 Å². The molecule has 86 valence electrons. The summed E-state index contributed by atoms with van der Waals surface area (Å²) in [6, 6.07) is 8.70. The summed E-state index contributed by atoms with van der Waals surface area (Å²) in [5.41, 5.74) is 5.71. The first kappa shape index (κ1) is 10.5. The first-order valence-corrected chi connectivity index (χ1v) is 6.06. The molecule has 0 N–H and O–H groups in total. The summed E-state index contributed by atoms with van der Waals surface area (Å²) >= 11 is 0. The molecule has 1 unspecified atom stereocenters. The van der Waals surface area contributed by atoms with E-state index in [4.69, 9.17) is 4.74 Å². The minimum Gasteiger partial charge on any atom is -0.384 e. The van der Waals surface area contributed by atoms with Gasteiger partial charge in [-0.1, -0.05) is 48.6 Å². The van der Waals surface area contributed by atoms with E-state index in [1.807, 2.05) is 0 Å². The van der Waals surface area contributed by atoms with E-state index in [1.54, 1.807) is 7.11 Å². The van der Waals surface area contributed by atoms with Gasteiger partial charge in [0.15, 0.2) is 0 Å². The largest absolute Gasteiger partial charge is 0.384 e. The molecule has 0 aromatic heterocycles. The van der Waals surface area contributed by atoms with Gasteiger partial charge in [0.1, 0.15) is 0 Å². The minimum atomic E-state index is 0.405. The Morgan fingerprint density at radius 3 is 3.00 bits per heavy atom. The van der Waals surface area contributed by atoms with Crippen molar-refractivity contribution >= 4 is 5.57 Å². The molecule has 1 aromatic carbocycles. The minimum absolute atomic E-state index is 0.405. The van der Waals surface area contributed by atoms with Crippen molar-refractivity contribution in [3.8, 4) is 0 Å². The summed E-state index contributed by atoms with van der Waals surface area (Å²) in [6.07, 6.45) is 9.76. The molecule has 0 fully saturated rings. The van der Waals surface area contributed by atoms with Crippen LogP contribution in [0.25, 0.3) is 5.57 Å². The number of allylic oxidation sites excluding steroid dienone is 5. The molecule has 1 aromatic rings. The van der Waals surface area contributed by atoms with E-state index in [1.165, 1.54) is 22.3 Å². The summed E-state index contributed by atoms with van der Waals surface area (Å²) < 4.78 is 5.38. The molecular formula is C16H16O. The Hall–Kier alpha value is -1.60. The molecule has 2 aliphatic carbocycles. The number of benzene rings is 1. The standard InChI is InChI=1S/C16H16O/c1-17-11-16-14-8-4-2-3-7-12(14)13-9-5-6-10-15(13)16/h2-6,8-10,16H,7,11H2,1H3. The number of hydrogen-bond donors (Lipinski definition) is 0. The van der Waals surface area contributed by atoms with Gasteiger partial charge in [0.25, 0.3) is 0 Å². The van der Waals surface area contributed by atoms with Crippen LogP contribution in [0.5, 0.6) is 0 Å². The first-order valence-electron chi connectivity index (χ1n) is 6.06. The highest BCUT2D eigenvalue weighted by Crippen LogP contribution is 2.44. The Balaban J connectivity index is 2.13. The van der Waals surface area contributed by atoms with E-state index in [-0.39, 0.29) is 0 Å². The summed E-state index contributed by atoms with van der Waals surface area (Å²) in [5, 5.41) is 0. The lowest BCUT2D eigenvalue weighted by atomic mass is 9.96. The lowest BCUT2D eigenvalue weighted by molar-refractivity contribution is 0.190. The van der Waals surface area contributed by atoms with E-state index < -0.39 is 0 Å². The number of methoxy groups -OCH3 is 1. The summed E-state index contributed by atoms with van der Waals surface area (Å²) in [4.78, 5) is 0. The third-order valence-electron chi connectivity index (χ3n) is 3.56. The molecule has 1 atom stereocenters. The van der Waals surface area contributed by atoms with Crippen molar-refractivity contribution in [1.29, 1.82) is 0 Å². The van der Waals surface area contributed by atoms with Crippen molar-refractivity contribution in [2.45, 2.75) is 12.3 Å². The smallest absolute Gasteiger partial charge is 0.0572 e. The van der Waals surface area contributed by atoms with Crippen molar-refractivity contribution in [3.05, 3.63) is 65.3 Å². The van der Waals surface area contributed by atoms with Gasteiger partial charge in [-0.05, 0) is 28.7 Å². The monoisotopic (exact) mass is 224 g/mol. The van der Waals surface area contributed by atoms with Crippen LogP contribution in [0.2, 0.25) is 0 Å². The molecule has 0 bridgehead atoms. The van der Waals surface area contributed by atoms with Crippen LogP contribution >= 0.6 is 0 Å². The van der Waals surface area contributed by atoms with Crippen LogP contribution in [-0.4, -0.2) is 13.7 Å². The van der Waals surface area contributed by atoms with Crippen LogP contribution in [0.15, 0.2) is 54.1 Å². The molecule has 0 spiro atoms. The van der Waals surface area contributed by atoms with E-state index in [0.29, 0.717) is 5.92 Å². The molecule has 0 heterocycles. The van der Waals surface area contributed by atoms with Gasteiger partial charge >= 0.3 is 0 Å². The molecule has 0 saturated heterocycles. The van der Waals surface area contributed by atoms with Crippen molar-refractivity contribution in [1.82, 2.24) is 0 Å². The molecule has 0 saturated carbocycles. The predicted octanol–water partition coefficient (Wildman–Crippen LogP) is 3.70. The molecule has 0 amide bonds. The number of ether oxygens (including phenoxy) is 1. The zero-order chi connectivity index (χ0) is 11.7. The second-order valence-corrected chi connectivity index (χ2v) is 4.52. The predicted molar refractivity (Wildman–Crippen MR) is 70.9 cm³/mol. The molecule has 1 heteroatoms. The van der Waals surface area contributed by atoms with Crippen LogP contribution < -0.4 is 0 Å². The van der Waals surface area contributed by atoms with Crippen LogP contribution in [-0.2, 0) is 4.74 Å². The third-order valence-corrected chi connectivity index (χ3v) is 3.56. The molecule has 17 heavy (non-hydrogen) atoms. The maximum Gasteiger partial charge on any atom is 0.0572 e. The topological polar surface area (TPSA) is 9.23 Å². The quantitative estimate of drug-likeness (QED) is 0.744. The fourth-order valence-electron chi connectivity index (χ4n) is 2.82. The average Bonchev–Trinajstić information content (AvgIpc) is 2.55. The van der Waals surface area contributed by atoms with Crippen molar-refractivity contribution < 1.29 is 4.74 Å². The maximum absolute atomic E-state index is 5.38. The summed E-state index contributed by atoms with van der Waals surface area (Å²) in [5.74, 6) is 0.405. The molecule has 0 radical (unpaired) electrons. The van der Waals surface area contributed by atoms with Gasteiger partial charge in [-0.15, -0.1) is 0 Å². The van der Waals surface area contributed by atoms with Crippen LogP contribution in [0.3, 0.4) is 0 Å². The van der Waals surface area contributed by atoms with Gasteiger partial charge in [-0.25, -0.2) is 0 Å². The van der Waals surface area contributed by atoms with Crippen LogP contribution in [0.1, 0.15) is 23.5 Å². The average molecular weight is 224 g/mol. The van der Waals surface area contributed by atoms with E-state index in [0.717, 1.165) is 13.0 Å². The van der Waals surface area contributed by atoms with Gasteiger partial charge in [0.2, 0.25) is 0 Å². The second kappa shape index (κ2) is 4.34. The van der Waals surface area contributed by atoms with Gasteiger partial charge in [0.05, 0.1) is 6.61 Å². The molecular weight excluding hydrogens is 208 g/mol. The molecule has 0 aliphatic heterocycles. The number of fused-ring (bicyclic) bond motifs is 2. The molecule has 1 nitrogen and oxygen atoms in total. The lowest BCUT2D eigenvalue weighted by Crippen LogP contribution is -2.05. The van der Waals surface area contributed by atoms with E-state index >= 15 is 0 Å². The first-order chi connectivity index (χ1) is 8.42. The van der Waals surface area contributed by atoms with Crippen LogP contribution in [0, 0.1) is 0 Å². The fraction of sp³-hybridized carbons (Fsp3) is 0.250. The van der Waals surface area contributed by atoms with Crippen molar-refractivity contribution in [2.75, 3.05) is 13.7 Å². The molecule has 2 aliphatic rings. The van der Waals surface area contributed by atoms with Gasteiger partial charge in [-0.3, -0.25) is 0 Å². The highest BCUT2D eigenvalue weighted by atomic mass is 16.5. The Kier molecular flexibility index (Phi) is 2.69. The summed E-state index contributed by atoms with van der Waals surface area (Å²) in [6.45, 7) is 0.764. The Morgan fingerprint density at radius 2 is 2.12 bits per heavy atom. The fourth-order valence-corrected chi connectivity index (χ4v) is 2.82. The van der Waals surface area contributed by atoms with Gasteiger partial charge in [0, 0.05) is 13.0 Å². The highest BCUT2D eigenvalue weighted by molar-refractivity contribution is 5.81. The second-order valence-electron chi connectivity index (χ2n) is 4.52. The van der Waals surface area contributed by atoms with E-state index in [9.17, 15) is 0 Å². The SMILES string of the molecule is COCC1C2=C(CC=CC=C2)c2ccccc21. The molecule has 3 rings (SSSR count). The maximum atomic E-state index is 5.38. The number of hydrogen-bond acceptors (Lipinski definition) is 1.